The highest BCUT2D eigenvalue weighted by Gasteiger charge is 2.34. The molecule has 1 aromatic rings. The molecule has 0 aliphatic carbocycles. The Morgan fingerprint density at radius 2 is 1.95 bits per heavy atom. The summed E-state index contributed by atoms with van der Waals surface area (Å²) in [4.78, 5) is 0.371. The van der Waals surface area contributed by atoms with Gasteiger partial charge in [-0.05, 0) is 44.4 Å². The van der Waals surface area contributed by atoms with E-state index < -0.39 is 15.1 Å². The maximum absolute atomic E-state index is 12.6. The van der Waals surface area contributed by atoms with Gasteiger partial charge in [-0.3, -0.25) is 0 Å². The molecule has 0 unspecified atom stereocenters. The predicted octanol–water partition coefficient (Wildman–Crippen LogP) is 3.36. The Morgan fingerprint density at radius 1 is 1.30 bits per heavy atom. The summed E-state index contributed by atoms with van der Waals surface area (Å²) in [7, 11) is -3.34. The van der Waals surface area contributed by atoms with Crippen molar-refractivity contribution in [2.24, 2.45) is 0 Å². The summed E-state index contributed by atoms with van der Waals surface area (Å²) >= 11 is 0. The molecular weight excluding hydrogens is 272 g/mol. The molecule has 3 nitrogen and oxygen atoms in total. The molecule has 0 radical (unpaired) electrons. The van der Waals surface area contributed by atoms with E-state index in [2.05, 4.69) is 13.0 Å². The topological polar surface area (TPSA) is 43.4 Å². The van der Waals surface area contributed by atoms with E-state index in [0.29, 0.717) is 11.3 Å². The summed E-state index contributed by atoms with van der Waals surface area (Å²) in [5.41, 5.74) is 1.20. The van der Waals surface area contributed by atoms with E-state index in [0.717, 1.165) is 6.42 Å². The first kappa shape index (κ1) is 15.3. The van der Waals surface area contributed by atoms with Crippen LogP contribution in [0.4, 0.5) is 0 Å². The third-order valence-electron chi connectivity index (χ3n) is 3.97. The molecule has 0 saturated carbocycles. The number of hydrogen-bond acceptors (Lipinski definition) is 3. The van der Waals surface area contributed by atoms with Gasteiger partial charge in [0.2, 0.25) is 0 Å². The normalized spacial score (nSPS) is 25.1. The molecule has 110 valence electrons. The molecule has 2 rings (SSSR count). The van der Waals surface area contributed by atoms with Gasteiger partial charge in [0.15, 0.2) is 9.84 Å². The lowest BCUT2D eigenvalue weighted by atomic mass is 10.0. The van der Waals surface area contributed by atoms with Crippen LogP contribution in [0.1, 0.15) is 33.6 Å². The maximum Gasteiger partial charge on any atom is 0.183 e. The van der Waals surface area contributed by atoms with E-state index in [9.17, 15) is 8.42 Å². The van der Waals surface area contributed by atoms with Gasteiger partial charge in [0.25, 0.3) is 0 Å². The van der Waals surface area contributed by atoms with Crippen LogP contribution in [0.15, 0.2) is 46.9 Å². The van der Waals surface area contributed by atoms with Crippen LogP contribution in [0.5, 0.6) is 0 Å². The molecule has 4 heteroatoms. The second kappa shape index (κ2) is 6.10. The van der Waals surface area contributed by atoms with Crippen molar-refractivity contribution in [3.63, 3.8) is 0 Å². The largest absolute Gasteiger partial charge is 0.369 e. The average molecular weight is 294 g/mol. The number of rotatable bonds is 4. The molecule has 20 heavy (non-hydrogen) atoms. The van der Waals surface area contributed by atoms with Gasteiger partial charge in [0.05, 0.1) is 22.4 Å². The first-order chi connectivity index (χ1) is 9.46. The van der Waals surface area contributed by atoms with Crippen LogP contribution in [-0.4, -0.2) is 25.9 Å². The molecule has 0 amide bonds. The van der Waals surface area contributed by atoms with Gasteiger partial charge in [-0.1, -0.05) is 31.2 Å². The predicted molar refractivity (Wildman–Crippen MR) is 80.4 cm³/mol. The summed E-state index contributed by atoms with van der Waals surface area (Å²) in [5, 5.41) is -0.539. The van der Waals surface area contributed by atoms with Gasteiger partial charge in [-0.25, -0.2) is 8.42 Å². The minimum Gasteiger partial charge on any atom is -0.369 e. The van der Waals surface area contributed by atoms with Crippen LogP contribution in [0.2, 0.25) is 0 Å². The standard InChI is InChI=1S/C16H22O3S/c1-4-15-12(2)10-11-16(19-15)13(3)20(17,18)14-8-6-5-7-9-14/h5-10,13,15-16H,4,11H2,1-3H3/t13-,15+,16+/m0/s1. The zero-order chi connectivity index (χ0) is 14.8. The van der Waals surface area contributed by atoms with E-state index in [1.54, 1.807) is 31.2 Å². The molecule has 0 fully saturated rings. The van der Waals surface area contributed by atoms with Crippen LogP contribution in [-0.2, 0) is 14.6 Å². The number of sulfone groups is 1. The molecule has 0 saturated heterocycles. The second-order valence-electron chi connectivity index (χ2n) is 5.32. The van der Waals surface area contributed by atoms with Gasteiger partial charge in [-0.15, -0.1) is 0 Å². The van der Waals surface area contributed by atoms with Crippen LogP contribution in [0.25, 0.3) is 0 Å². The van der Waals surface area contributed by atoms with Crippen molar-refractivity contribution in [1.82, 2.24) is 0 Å². The highest BCUT2D eigenvalue weighted by atomic mass is 32.2. The molecule has 3 atom stereocenters. The highest BCUT2D eigenvalue weighted by molar-refractivity contribution is 7.92. The Balaban J connectivity index is 2.22. The first-order valence-electron chi connectivity index (χ1n) is 7.08. The van der Waals surface area contributed by atoms with Crippen molar-refractivity contribution in [1.29, 1.82) is 0 Å². The van der Waals surface area contributed by atoms with Crippen molar-refractivity contribution in [2.45, 2.75) is 56.0 Å². The van der Waals surface area contributed by atoms with E-state index in [1.807, 2.05) is 13.0 Å². The molecule has 1 heterocycles. The summed E-state index contributed by atoms with van der Waals surface area (Å²) in [5.74, 6) is 0. The molecular formula is C16H22O3S. The van der Waals surface area contributed by atoms with E-state index in [-0.39, 0.29) is 12.2 Å². The van der Waals surface area contributed by atoms with E-state index in [4.69, 9.17) is 4.74 Å². The molecule has 0 aromatic heterocycles. The van der Waals surface area contributed by atoms with Crippen LogP contribution in [0.3, 0.4) is 0 Å². The van der Waals surface area contributed by atoms with Crippen molar-refractivity contribution < 1.29 is 13.2 Å². The minimum absolute atomic E-state index is 0.0437. The number of ether oxygens (including phenoxy) is 1. The third-order valence-corrected chi connectivity index (χ3v) is 6.19. The Labute approximate surface area is 121 Å². The van der Waals surface area contributed by atoms with E-state index >= 15 is 0 Å². The fraction of sp³-hybridized carbons (Fsp3) is 0.500. The zero-order valence-corrected chi connectivity index (χ0v) is 13.1. The van der Waals surface area contributed by atoms with Crippen molar-refractivity contribution in [2.75, 3.05) is 0 Å². The maximum atomic E-state index is 12.6. The second-order valence-corrected chi connectivity index (χ2v) is 7.62. The quantitative estimate of drug-likeness (QED) is 0.800. The third kappa shape index (κ3) is 2.96. The summed E-state index contributed by atoms with van der Waals surface area (Å²) in [6.07, 6.45) is 3.42. The fourth-order valence-electron chi connectivity index (χ4n) is 2.55. The lowest BCUT2D eigenvalue weighted by molar-refractivity contribution is -0.00225. The Morgan fingerprint density at radius 3 is 2.55 bits per heavy atom. The van der Waals surface area contributed by atoms with Crippen LogP contribution in [0, 0.1) is 0 Å². The van der Waals surface area contributed by atoms with E-state index in [1.165, 1.54) is 5.57 Å². The lowest BCUT2D eigenvalue weighted by Gasteiger charge is -2.32. The molecule has 1 aliphatic heterocycles. The minimum atomic E-state index is -3.34. The van der Waals surface area contributed by atoms with Crippen molar-refractivity contribution >= 4 is 9.84 Å². The van der Waals surface area contributed by atoms with Crippen LogP contribution < -0.4 is 0 Å². The number of hydrogen-bond donors (Lipinski definition) is 0. The fourth-order valence-corrected chi connectivity index (χ4v) is 4.09. The van der Waals surface area contributed by atoms with Gasteiger partial charge in [0, 0.05) is 0 Å². The highest BCUT2D eigenvalue weighted by Crippen LogP contribution is 2.28. The van der Waals surface area contributed by atoms with Crippen LogP contribution >= 0.6 is 0 Å². The van der Waals surface area contributed by atoms with Gasteiger partial charge in [-0.2, -0.15) is 0 Å². The Bertz CT molecular complexity index is 575. The SMILES string of the molecule is CC[C@H]1O[C@@H]([C@H](C)S(=O)(=O)c2ccccc2)CC=C1C. The summed E-state index contributed by atoms with van der Waals surface area (Å²) in [6, 6.07) is 8.61. The molecule has 0 N–H and O–H groups in total. The van der Waals surface area contributed by atoms with Gasteiger partial charge in [0.1, 0.15) is 0 Å². The monoisotopic (exact) mass is 294 g/mol. The average Bonchev–Trinajstić information content (AvgIpc) is 2.48. The van der Waals surface area contributed by atoms with Gasteiger partial charge < -0.3 is 4.74 Å². The first-order valence-corrected chi connectivity index (χ1v) is 8.62. The van der Waals surface area contributed by atoms with Crippen molar-refractivity contribution in [3.05, 3.63) is 42.0 Å². The molecule has 0 bridgehead atoms. The summed E-state index contributed by atoms with van der Waals surface area (Å²) < 4.78 is 31.2. The molecule has 1 aromatic carbocycles. The van der Waals surface area contributed by atoms with Crippen molar-refractivity contribution in [3.8, 4) is 0 Å². The van der Waals surface area contributed by atoms with Gasteiger partial charge >= 0.3 is 0 Å². The zero-order valence-electron chi connectivity index (χ0n) is 12.2. The summed E-state index contributed by atoms with van der Waals surface area (Å²) in [6.45, 7) is 5.84. The molecule has 0 spiro atoms. The molecule has 1 aliphatic rings. The smallest absolute Gasteiger partial charge is 0.183 e. The lowest BCUT2D eigenvalue weighted by Crippen LogP contribution is -2.38. The number of benzene rings is 1. The Kier molecular flexibility index (Phi) is 4.66. The Hall–Kier alpha value is -1.13.